The molecule has 2 bridgehead atoms. The van der Waals surface area contributed by atoms with Crippen molar-refractivity contribution in [3.05, 3.63) is 70.8 Å². The molecular weight excluding hydrogens is 386 g/mol. The lowest BCUT2D eigenvalue weighted by atomic mass is 9.43. The molecule has 0 radical (unpaired) electrons. The van der Waals surface area contributed by atoms with E-state index in [9.17, 15) is 4.79 Å². The number of rotatable bonds is 4. The van der Waals surface area contributed by atoms with E-state index in [1.807, 2.05) is 0 Å². The molecule has 0 saturated carbocycles. The SMILES string of the molecule is COC[C@@H](OC)C12c3ccccc3C(c3ccccc31)[C@H]1[C@@H]2C(=O)N2CCCC[C@]12C. The third kappa shape index (κ3) is 2.15. The van der Waals surface area contributed by atoms with E-state index >= 15 is 0 Å². The molecule has 0 unspecified atom stereocenters. The van der Waals surface area contributed by atoms with Gasteiger partial charge in [-0.2, -0.15) is 0 Å². The molecule has 1 amide bonds. The van der Waals surface area contributed by atoms with Crippen LogP contribution in [0.5, 0.6) is 0 Å². The van der Waals surface area contributed by atoms with Crippen molar-refractivity contribution < 1.29 is 14.3 Å². The van der Waals surface area contributed by atoms with Crippen molar-refractivity contribution in [1.82, 2.24) is 4.90 Å². The number of piperidine rings is 1. The zero-order valence-electron chi connectivity index (χ0n) is 18.6. The van der Waals surface area contributed by atoms with Crippen molar-refractivity contribution in [3.63, 3.8) is 0 Å². The Hall–Kier alpha value is -2.17. The first-order chi connectivity index (χ1) is 15.1. The van der Waals surface area contributed by atoms with Gasteiger partial charge in [0.2, 0.25) is 5.91 Å². The van der Waals surface area contributed by atoms with Gasteiger partial charge in [-0.05, 0) is 48.4 Å². The minimum absolute atomic E-state index is 0.109. The maximum Gasteiger partial charge on any atom is 0.227 e. The third-order valence-electron chi connectivity index (χ3n) is 8.98. The van der Waals surface area contributed by atoms with Crippen LogP contribution in [0.3, 0.4) is 0 Å². The van der Waals surface area contributed by atoms with Gasteiger partial charge in [-0.15, -0.1) is 0 Å². The Morgan fingerprint density at radius 3 is 2.29 bits per heavy atom. The number of benzene rings is 2. The molecule has 162 valence electrons. The highest BCUT2D eigenvalue weighted by Crippen LogP contribution is 2.69. The summed E-state index contributed by atoms with van der Waals surface area (Å²) in [6.07, 6.45) is 3.14. The van der Waals surface area contributed by atoms with Crippen molar-refractivity contribution in [1.29, 1.82) is 0 Å². The smallest absolute Gasteiger partial charge is 0.227 e. The van der Waals surface area contributed by atoms with E-state index in [-0.39, 0.29) is 29.4 Å². The van der Waals surface area contributed by atoms with Gasteiger partial charge in [-0.25, -0.2) is 0 Å². The minimum Gasteiger partial charge on any atom is -0.382 e. The molecule has 2 saturated heterocycles. The molecule has 4 nitrogen and oxygen atoms in total. The summed E-state index contributed by atoms with van der Waals surface area (Å²) in [4.78, 5) is 16.5. The number of amides is 1. The molecule has 31 heavy (non-hydrogen) atoms. The highest BCUT2D eigenvalue weighted by atomic mass is 16.5. The summed E-state index contributed by atoms with van der Waals surface area (Å²) in [5.74, 6) is 0.695. The highest BCUT2D eigenvalue weighted by Gasteiger charge is 2.72. The molecule has 0 N–H and O–H groups in total. The van der Waals surface area contributed by atoms with Crippen molar-refractivity contribution in [3.8, 4) is 0 Å². The molecule has 2 fully saturated rings. The van der Waals surface area contributed by atoms with Crippen LogP contribution < -0.4 is 0 Å². The quantitative estimate of drug-likeness (QED) is 0.752. The van der Waals surface area contributed by atoms with Crippen LogP contribution in [0.25, 0.3) is 0 Å². The van der Waals surface area contributed by atoms with E-state index in [0.717, 1.165) is 19.4 Å². The molecule has 2 aromatic carbocycles. The van der Waals surface area contributed by atoms with E-state index in [1.54, 1.807) is 14.2 Å². The molecule has 2 heterocycles. The average molecular weight is 418 g/mol. The average Bonchev–Trinajstić information content (AvgIpc) is 3.05. The monoisotopic (exact) mass is 417 g/mol. The van der Waals surface area contributed by atoms with E-state index < -0.39 is 5.41 Å². The lowest BCUT2D eigenvalue weighted by Gasteiger charge is -2.59. The molecule has 2 aromatic rings. The fraction of sp³-hybridized carbons (Fsp3) is 0.519. The second-order valence-corrected chi connectivity index (χ2v) is 10.0. The standard InChI is InChI=1S/C27H31NO3/c1-26-14-8-9-15-28(26)25(29)24-23(26)22-17-10-4-6-12-19(17)27(24,21(31-3)16-30-2)20-13-7-5-11-18(20)22/h4-7,10-13,21-24H,8-9,14-16H2,1-3H3/t21-,22?,23+,24-,26-,27?/m1/s1. The number of hydrogen-bond acceptors (Lipinski definition) is 3. The number of carbonyl (C=O) groups is 1. The fourth-order valence-corrected chi connectivity index (χ4v) is 7.97. The molecule has 4 atom stereocenters. The largest absolute Gasteiger partial charge is 0.382 e. The molecule has 2 aliphatic heterocycles. The van der Waals surface area contributed by atoms with E-state index in [4.69, 9.17) is 9.47 Å². The number of carbonyl (C=O) groups excluding carboxylic acids is 1. The Labute approximate surface area is 184 Å². The van der Waals surface area contributed by atoms with Gasteiger partial charge in [0.25, 0.3) is 0 Å². The Morgan fingerprint density at radius 2 is 1.68 bits per heavy atom. The van der Waals surface area contributed by atoms with E-state index in [0.29, 0.717) is 12.5 Å². The van der Waals surface area contributed by atoms with Crippen LogP contribution in [-0.4, -0.2) is 49.8 Å². The van der Waals surface area contributed by atoms with Crippen molar-refractivity contribution in [2.45, 2.75) is 49.2 Å². The van der Waals surface area contributed by atoms with Gasteiger partial charge < -0.3 is 14.4 Å². The molecule has 7 rings (SSSR count). The molecular formula is C27H31NO3. The summed E-state index contributed by atoms with van der Waals surface area (Å²) in [5.41, 5.74) is 4.64. The summed E-state index contributed by atoms with van der Waals surface area (Å²) < 4.78 is 11.9. The van der Waals surface area contributed by atoms with Gasteiger partial charge in [-0.1, -0.05) is 48.5 Å². The van der Waals surface area contributed by atoms with Crippen molar-refractivity contribution in [2.24, 2.45) is 11.8 Å². The normalized spacial score (nSPS) is 35.9. The van der Waals surface area contributed by atoms with Gasteiger partial charge in [0, 0.05) is 38.1 Å². The van der Waals surface area contributed by atoms with Crippen molar-refractivity contribution in [2.75, 3.05) is 27.4 Å². The first-order valence-corrected chi connectivity index (χ1v) is 11.6. The van der Waals surface area contributed by atoms with Gasteiger partial charge >= 0.3 is 0 Å². The zero-order chi connectivity index (χ0) is 21.4. The summed E-state index contributed by atoms with van der Waals surface area (Å²) in [6, 6.07) is 17.6. The minimum atomic E-state index is -0.533. The van der Waals surface area contributed by atoms with Crippen LogP contribution >= 0.6 is 0 Å². The first kappa shape index (κ1) is 19.5. The maximum atomic E-state index is 14.2. The van der Waals surface area contributed by atoms with E-state index in [1.165, 1.54) is 28.7 Å². The Bertz CT molecular complexity index is 1000. The lowest BCUT2D eigenvalue weighted by Crippen LogP contribution is -2.62. The summed E-state index contributed by atoms with van der Waals surface area (Å²) >= 11 is 0. The molecule has 4 heteroatoms. The Kier molecular flexibility index (Phi) is 4.19. The summed E-state index contributed by atoms with van der Waals surface area (Å²) in [5, 5.41) is 0. The predicted octanol–water partition coefficient (Wildman–Crippen LogP) is 4.11. The predicted molar refractivity (Wildman–Crippen MR) is 119 cm³/mol. The van der Waals surface area contributed by atoms with Gasteiger partial charge in [0.05, 0.1) is 24.0 Å². The van der Waals surface area contributed by atoms with Crippen molar-refractivity contribution >= 4 is 5.91 Å². The zero-order valence-corrected chi connectivity index (χ0v) is 18.6. The summed E-state index contributed by atoms with van der Waals surface area (Å²) in [7, 11) is 3.50. The molecule has 3 aliphatic carbocycles. The fourth-order valence-electron chi connectivity index (χ4n) is 7.97. The second kappa shape index (κ2) is 6.66. The van der Waals surface area contributed by atoms with Crippen LogP contribution in [-0.2, 0) is 19.7 Å². The van der Waals surface area contributed by atoms with Gasteiger partial charge in [-0.3, -0.25) is 4.79 Å². The van der Waals surface area contributed by atoms with Crippen LogP contribution in [0.4, 0.5) is 0 Å². The number of ether oxygens (including phenoxy) is 2. The number of methoxy groups -OCH3 is 2. The molecule has 0 aromatic heterocycles. The first-order valence-electron chi connectivity index (χ1n) is 11.6. The van der Waals surface area contributed by atoms with Gasteiger partial charge in [0.1, 0.15) is 0 Å². The maximum absolute atomic E-state index is 14.2. The number of nitrogens with zero attached hydrogens (tertiary/aromatic N) is 1. The van der Waals surface area contributed by atoms with E-state index in [2.05, 4.69) is 60.4 Å². The van der Waals surface area contributed by atoms with Crippen LogP contribution in [0.2, 0.25) is 0 Å². The molecule has 5 aliphatic rings. The Balaban J connectivity index is 1.73. The third-order valence-corrected chi connectivity index (χ3v) is 8.98. The highest BCUT2D eigenvalue weighted by molar-refractivity contribution is 5.89. The number of hydrogen-bond donors (Lipinski definition) is 0. The summed E-state index contributed by atoms with van der Waals surface area (Å²) in [6.45, 7) is 3.68. The number of fused-ring (bicyclic) bond motifs is 1. The lowest BCUT2D eigenvalue weighted by molar-refractivity contribution is -0.138. The topological polar surface area (TPSA) is 38.8 Å². The Morgan fingerprint density at radius 1 is 1.03 bits per heavy atom. The van der Waals surface area contributed by atoms with Crippen LogP contribution in [0.1, 0.15) is 54.4 Å². The van der Waals surface area contributed by atoms with Crippen LogP contribution in [0, 0.1) is 11.8 Å². The molecule has 0 spiro atoms. The second-order valence-electron chi connectivity index (χ2n) is 10.0. The van der Waals surface area contributed by atoms with Crippen LogP contribution in [0.15, 0.2) is 48.5 Å². The van der Waals surface area contributed by atoms with Gasteiger partial charge in [0.15, 0.2) is 0 Å².